The molecule has 0 amide bonds. The van der Waals surface area contributed by atoms with E-state index in [1.165, 1.54) is 19.3 Å². The largest absolute Gasteiger partial charge is 0.0591 e. The second kappa shape index (κ2) is 1.84. The standard InChI is InChI=1S/C11H19/c1-8-7-11(4)6-5-9(8)10(11,2)3/h8-9H,1,5-7H2,2-4H3. The van der Waals surface area contributed by atoms with Crippen molar-refractivity contribution in [2.75, 3.05) is 0 Å². The smallest absolute Gasteiger partial charge is 0.0269 e. The van der Waals surface area contributed by atoms with E-state index < -0.39 is 0 Å². The number of hydrogen-bond acceptors (Lipinski definition) is 0. The summed E-state index contributed by atoms with van der Waals surface area (Å²) in [5, 5.41) is 0. The van der Waals surface area contributed by atoms with Gasteiger partial charge in [-0.1, -0.05) is 20.8 Å². The lowest BCUT2D eigenvalue weighted by Gasteiger charge is -2.34. The first kappa shape index (κ1) is 7.64. The zero-order valence-corrected chi connectivity index (χ0v) is 7.98. The molecule has 0 aliphatic heterocycles. The highest BCUT2D eigenvalue weighted by Gasteiger charge is 2.58. The third-order valence-electron chi connectivity index (χ3n) is 4.77. The van der Waals surface area contributed by atoms with Crippen LogP contribution in [0.3, 0.4) is 0 Å². The minimum Gasteiger partial charge on any atom is -0.0591 e. The Labute approximate surface area is 70.4 Å². The minimum absolute atomic E-state index is 0.569. The van der Waals surface area contributed by atoms with E-state index in [0.717, 1.165) is 11.8 Å². The summed E-state index contributed by atoms with van der Waals surface area (Å²) in [5.41, 5.74) is 1.18. The van der Waals surface area contributed by atoms with Crippen LogP contribution in [0.2, 0.25) is 0 Å². The second-order valence-corrected chi connectivity index (χ2v) is 5.39. The normalized spacial score (nSPS) is 53.5. The van der Waals surface area contributed by atoms with Crippen LogP contribution in [0, 0.1) is 29.6 Å². The Morgan fingerprint density at radius 1 is 1.27 bits per heavy atom. The van der Waals surface area contributed by atoms with Gasteiger partial charge in [0.15, 0.2) is 0 Å². The molecule has 0 aromatic carbocycles. The van der Waals surface area contributed by atoms with Gasteiger partial charge in [-0.3, -0.25) is 0 Å². The molecule has 3 unspecified atom stereocenters. The molecule has 11 heavy (non-hydrogen) atoms. The first-order valence-electron chi connectivity index (χ1n) is 4.80. The summed E-state index contributed by atoms with van der Waals surface area (Å²) in [4.78, 5) is 0. The molecule has 2 bridgehead atoms. The van der Waals surface area contributed by atoms with Crippen molar-refractivity contribution in [2.45, 2.75) is 40.0 Å². The Hall–Kier alpha value is 0. The molecule has 0 aromatic rings. The summed E-state index contributed by atoms with van der Waals surface area (Å²) in [6.07, 6.45) is 4.24. The molecule has 2 rings (SSSR count). The van der Waals surface area contributed by atoms with Crippen molar-refractivity contribution in [1.82, 2.24) is 0 Å². The minimum atomic E-state index is 0.569. The fraction of sp³-hybridized carbons (Fsp3) is 0.909. The summed E-state index contributed by atoms with van der Waals surface area (Å²) in [6.45, 7) is 11.6. The molecular weight excluding hydrogens is 132 g/mol. The van der Waals surface area contributed by atoms with Gasteiger partial charge in [-0.25, -0.2) is 0 Å². The zero-order valence-electron chi connectivity index (χ0n) is 7.98. The fourth-order valence-electron chi connectivity index (χ4n) is 3.52. The molecule has 0 heteroatoms. The van der Waals surface area contributed by atoms with Gasteiger partial charge in [0.2, 0.25) is 0 Å². The van der Waals surface area contributed by atoms with Gasteiger partial charge >= 0.3 is 0 Å². The number of hydrogen-bond donors (Lipinski definition) is 0. The van der Waals surface area contributed by atoms with Crippen LogP contribution >= 0.6 is 0 Å². The monoisotopic (exact) mass is 151 g/mol. The molecule has 2 fully saturated rings. The van der Waals surface area contributed by atoms with Crippen molar-refractivity contribution in [2.24, 2.45) is 22.7 Å². The molecule has 0 heterocycles. The van der Waals surface area contributed by atoms with Crippen LogP contribution in [0.1, 0.15) is 40.0 Å². The predicted molar refractivity (Wildman–Crippen MR) is 48.1 cm³/mol. The Morgan fingerprint density at radius 3 is 2.09 bits per heavy atom. The Morgan fingerprint density at radius 2 is 1.91 bits per heavy atom. The molecule has 1 radical (unpaired) electrons. The molecule has 0 aromatic heterocycles. The van der Waals surface area contributed by atoms with Crippen molar-refractivity contribution in [3.63, 3.8) is 0 Å². The molecule has 2 aliphatic carbocycles. The topological polar surface area (TPSA) is 0 Å². The lowest BCUT2D eigenvalue weighted by Crippen LogP contribution is -2.26. The lowest BCUT2D eigenvalue weighted by molar-refractivity contribution is 0.152. The quantitative estimate of drug-likeness (QED) is 0.498. The third-order valence-corrected chi connectivity index (χ3v) is 4.77. The van der Waals surface area contributed by atoms with Crippen LogP contribution in [-0.2, 0) is 0 Å². The summed E-state index contributed by atoms with van der Waals surface area (Å²) >= 11 is 0. The highest BCUT2D eigenvalue weighted by molar-refractivity contribution is 5.09. The van der Waals surface area contributed by atoms with Gasteiger partial charge in [0.1, 0.15) is 0 Å². The van der Waals surface area contributed by atoms with E-state index in [1.54, 1.807) is 0 Å². The molecular formula is C11H19. The van der Waals surface area contributed by atoms with Crippen molar-refractivity contribution in [1.29, 1.82) is 0 Å². The molecule has 2 aliphatic rings. The van der Waals surface area contributed by atoms with Crippen molar-refractivity contribution in [3.05, 3.63) is 6.92 Å². The SMILES string of the molecule is [CH2]C1CC2(C)CCC1C2(C)C. The van der Waals surface area contributed by atoms with Gasteiger partial charge in [0.05, 0.1) is 0 Å². The van der Waals surface area contributed by atoms with Crippen molar-refractivity contribution in [3.8, 4) is 0 Å². The maximum Gasteiger partial charge on any atom is -0.0269 e. The Balaban J connectivity index is 2.37. The molecule has 63 valence electrons. The van der Waals surface area contributed by atoms with Gasteiger partial charge in [0.25, 0.3) is 0 Å². The summed E-state index contributed by atoms with van der Waals surface area (Å²) in [7, 11) is 0. The molecule has 0 saturated heterocycles. The first-order valence-corrected chi connectivity index (χ1v) is 4.80. The highest BCUT2D eigenvalue weighted by atomic mass is 14.6. The molecule has 0 N–H and O–H groups in total. The first-order chi connectivity index (χ1) is 4.97. The van der Waals surface area contributed by atoms with E-state index >= 15 is 0 Å². The van der Waals surface area contributed by atoms with E-state index in [-0.39, 0.29) is 0 Å². The maximum absolute atomic E-state index is 4.26. The van der Waals surface area contributed by atoms with Crippen LogP contribution in [0.25, 0.3) is 0 Å². The molecule has 3 atom stereocenters. The van der Waals surface area contributed by atoms with Gasteiger partial charge in [-0.05, 0) is 48.9 Å². The van der Waals surface area contributed by atoms with E-state index in [0.29, 0.717) is 10.8 Å². The summed E-state index contributed by atoms with van der Waals surface area (Å²) < 4.78 is 0. The average molecular weight is 151 g/mol. The van der Waals surface area contributed by atoms with Crippen molar-refractivity contribution >= 4 is 0 Å². The lowest BCUT2D eigenvalue weighted by atomic mass is 9.71. The van der Waals surface area contributed by atoms with E-state index in [9.17, 15) is 0 Å². The maximum atomic E-state index is 4.26. The van der Waals surface area contributed by atoms with Crippen molar-refractivity contribution < 1.29 is 0 Å². The van der Waals surface area contributed by atoms with Crippen LogP contribution in [0.15, 0.2) is 0 Å². The summed E-state index contributed by atoms with van der Waals surface area (Å²) in [6, 6.07) is 0. The summed E-state index contributed by atoms with van der Waals surface area (Å²) in [5.74, 6) is 1.65. The Bertz CT molecular complexity index is 178. The van der Waals surface area contributed by atoms with E-state index in [1.807, 2.05) is 0 Å². The predicted octanol–water partition coefficient (Wildman–Crippen LogP) is 3.28. The zero-order chi connectivity index (χ0) is 8.28. The third kappa shape index (κ3) is 0.711. The van der Waals surface area contributed by atoms with Crippen LogP contribution in [-0.4, -0.2) is 0 Å². The van der Waals surface area contributed by atoms with Crippen LogP contribution in [0.5, 0.6) is 0 Å². The van der Waals surface area contributed by atoms with Gasteiger partial charge in [-0.15, -0.1) is 0 Å². The van der Waals surface area contributed by atoms with E-state index in [4.69, 9.17) is 0 Å². The highest BCUT2D eigenvalue weighted by Crippen LogP contribution is 2.67. The average Bonchev–Trinajstić information content (AvgIpc) is 2.13. The molecule has 0 nitrogen and oxygen atoms in total. The van der Waals surface area contributed by atoms with Gasteiger partial charge < -0.3 is 0 Å². The van der Waals surface area contributed by atoms with Crippen LogP contribution < -0.4 is 0 Å². The van der Waals surface area contributed by atoms with Crippen LogP contribution in [0.4, 0.5) is 0 Å². The van der Waals surface area contributed by atoms with E-state index in [2.05, 4.69) is 27.7 Å². The Kier molecular flexibility index (Phi) is 1.28. The molecule has 0 spiro atoms. The number of rotatable bonds is 0. The fourth-order valence-corrected chi connectivity index (χ4v) is 3.52. The van der Waals surface area contributed by atoms with Gasteiger partial charge in [0, 0.05) is 0 Å². The second-order valence-electron chi connectivity index (χ2n) is 5.39. The number of fused-ring (bicyclic) bond motifs is 2. The van der Waals surface area contributed by atoms with Gasteiger partial charge in [-0.2, -0.15) is 0 Å². The molecule has 2 saturated carbocycles.